The second-order valence-corrected chi connectivity index (χ2v) is 10.7. The van der Waals surface area contributed by atoms with E-state index in [4.69, 9.17) is 0 Å². The average Bonchev–Trinajstić information content (AvgIpc) is 2.68. The highest BCUT2D eigenvalue weighted by atomic mass is 19.1. The molecule has 0 spiro atoms. The summed E-state index contributed by atoms with van der Waals surface area (Å²) in [7, 11) is 0. The predicted molar refractivity (Wildman–Crippen MR) is 134 cm³/mol. The fourth-order valence-corrected chi connectivity index (χ4v) is 4.51. The molecule has 0 saturated heterocycles. The highest BCUT2D eigenvalue weighted by Gasteiger charge is 2.24. The van der Waals surface area contributed by atoms with Crippen molar-refractivity contribution < 1.29 is 14.0 Å². The molecule has 1 aliphatic rings. The summed E-state index contributed by atoms with van der Waals surface area (Å²) in [5, 5.41) is 0. The summed E-state index contributed by atoms with van der Waals surface area (Å²) in [5.41, 5.74) is 1.45. The van der Waals surface area contributed by atoms with E-state index in [1.54, 1.807) is 6.07 Å². The first-order chi connectivity index (χ1) is 15.6. The minimum absolute atomic E-state index is 0.0605. The number of halogens is 1. The normalized spacial score (nSPS) is 16.7. The van der Waals surface area contributed by atoms with Crippen LogP contribution in [0.5, 0.6) is 0 Å². The zero-order chi connectivity index (χ0) is 24.5. The molecule has 0 bridgehead atoms. The number of carbonyl (C=O) groups is 2. The number of nitrogens with zero attached hydrogens (tertiary/aromatic N) is 3. The highest BCUT2D eigenvalue weighted by Crippen LogP contribution is 2.26. The van der Waals surface area contributed by atoms with Crippen molar-refractivity contribution in [3.8, 4) is 0 Å². The van der Waals surface area contributed by atoms with Crippen molar-refractivity contribution in [1.82, 2.24) is 9.80 Å². The molecule has 6 heteroatoms. The maximum atomic E-state index is 14.3. The summed E-state index contributed by atoms with van der Waals surface area (Å²) >= 11 is 0. The molecule has 1 aromatic carbocycles. The van der Waals surface area contributed by atoms with Gasteiger partial charge in [-0.15, -0.1) is 0 Å². The van der Waals surface area contributed by atoms with E-state index in [2.05, 4.69) is 18.7 Å². The van der Waals surface area contributed by atoms with Gasteiger partial charge in [0.15, 0.2) is 0 Å². The molecule has 5 nitrogen and oxygen atoms in total. The number of hydrogen-bond donors (Lipinski definition) is 0. The molecule has 0 N–H and O–H groups in total. The fraction of sp³-hybridized carbons (Fsp3) is 0.704. The van der Waals surface area contributed by atoms with Crippen LogP contribution in [0.4, 0.5) is 10.1 Å². The van der Waals surface area contributed by atoms with Gasteiger partial charge in [-0.1, -0.05) is 41.5 Å². The Balaban J connectivity index is 2.43. The van der Waals surface area contributed by atoms with E-state index in [1.807, 2.05) is 37.5 Å². The summed E-state index contributed by atoms with van der Waals surface area (Å²) in [6.45, 7) is 17.0. The van der Waals surface area contributed by atoms with E-state index in [1.165, 1.54) is 12.1 Å². The molecule has 33 heavy (non-hydrogen) atoms. The highest BCUT2D eigenvalue weighted by molar-refractivity contribution is 5.94. The van der Waals surface area contributed by atoms with Gasteiger partial charge < -0.3 is 14.7 Å². The lowest BCUT2D eigenvalue weighted by Gasteiger charge is -2.32. The van der Waals surface area contributed by atoms with Gasteiger partial charge in [-0.3, -0.25) is 9.59 Å². The largest absolute Gasteiger partial charge is 0.338 e. The molecule has 0 atom stereocenters. The molecule has 0 aromatic heterocycles. The molecule has 0 radical (unpaired) electrons. The summed E-state index contributed by atoms with van der Waals surface area (Å²) in [4.78, 5) is 32.5. The second-order valence-electron chi connectivity index (χ2n) is 10.7. The molecule has 1 aromatic rings. The molecule has 2 amide bonds. The number of rotatable bonds is 6. The van der Waals surface area contributed by atoms with Gasteiger partial charge in [0.2, 0.25) is 11.8 Å². The van der Waals surface area contributed by atoms with Gasteiger partial charge in [0.1, 0.15) is 5.82 Å². The summed E-state index contributed by atoms with van der Waals surface area (Å²) in [6.07, 6.45) is 2.67. The van der Waals surface area contributed by atoms with Crippen LogP contribution in [-0.2, 0) is 16.1 Å². The summed E-state index contributed by atoms with van der Waals surface area (Å²) < 4.78 is 14.3. The third-order valence-electron chi connectivity index (χ3n) is 5.89. The van der Waals surface area contributed by atoms with Gasteiger partial charge >= 0.3 is 0 Å². The molecular weight excluding hydrogens is 417 g/mol. The zero-order valence-electron chi connectivity index (χ0n) is 21.6. The van der Waals surface area contributed by atoms with Crippen LogP contribution in [0.2, 0.25) is 0 Å². The number of hydrogen-bond acceptors (Lipinski definition) is 3. The lowest BCUT2D eigenvalue weighted by atomic mass is 10.1. The van der Waals surface area contributed by atoms with Crippen molar-refractivity contribution >= 4 is 17.5 Å². The van der Waals surface area contributed by atoms with Crippen molar-refractivity contribution in [2.45, 2.75) is 73.8 Å². The van der Waals surface area contributed by atoms with Crippen LogP contribution < -0.4 is 4.90 Å². The van der Waals surface area contributed by atoms with E-state index in [-0.39, 0.29) is 29.5 Å². The Morgan fingerprint density at radius 3 is 2.06 bits per heavy atom. The quantitative estimate of drug-likeness (QED) is 0.575. The number of benzene rings is 1. The molecule has 186 valence electrons. The Labute approximate surface area is 200 Å². The van der Waals surface area contributed by atoms with E-state index in [0.29, 0.717) is 44.0 Å². The third kappa shape index (κ3) is 9.07. The first-order valence-electron chi connectivity index (χ1n) is 12.7. The van der Waals surface area contributed by atoms with Gasteiger partial charge in [0, 0.05) is 44.7 Å². The Morgan fingerprint density at radius 2 is 1.45 bits per heavy atom. The maximum absolute atomic E-state index is 14.3. The lowest BCUT2D eigenvalue weighted by Crippen LogP contribution is -2.40. The van der Waals surface area contributed by atoms with Crippen molar-refractivity contribution in [2.75, 3.05) is 37.6 Å². The van der Waals surface area contributed by atoms with Gasteiger partial charge in [-0.25, -0.2) is 4.39 Å². The predicted octanol–water partition coefficient (Wildman–Crippen LogP) is 5.33. The first kappa shape index (κ1) is 27.3. The lowest BCUT2D eigenvalue weighted by molar-refractivity contribution is -0.132. The molecular formula is C27H44FN3O2. The van der Waals surface area contributed by atoms with Crippen LogP contribution in [0.15, 0.2) is 18.2 Å². The maximum Gasteiger partial charge on any atom is 0.227 e. The minimum Gasteiger partial charge on any atom is -0.338 e. The van der Waals surface area contributed by atoms with Crippen LogP contribution in [0, 0.1) is 23.6 Å². The Morgan fingerprint density at radius 1 is 0.848 bits per heavy atom. The summed E-state index contributed by atoms with van der Waals surface area (Å²) in [5.74, 6) is 0.866. The van der Waals surface area contributed by atoms with Gasteiger partial charge in [-0.05, 0) is 67.4 Å². The fourth-order valence-electron chi connectivity index (χ4n) is 4.51. The van der Waals surface area contributed by atoms with Gasteiger partial charge in [-0.2, -0.15) is 0 Å². The number of carbonyl (C=O) groups excluding carboxylic acids is 2. The van der Waals surface area contributed by atoms with E-state index in [0.717, 1.165) is 38.2 Å². The van der Waals surface area contributed by atoms with E-state index >= 15 is 0 Å². The zero-order valence-corrected chi connectivity index (χ0v) is 21.6. The van der Waals surface area contributed by atoms with E-state index in [9.17, 15) is 14.0 Å². The number of fused-ring (bicyclic) bond motifs is 1. The van der Waals surface area contributed by atoms with Crippen molar-refractivity contribution in [1.29, 1.82) is 0 Å². The second kappa shape index (κ2) is 13.1. The van der Waals surface area contributed by atoms with Crippen molar-refractivity contribution in [3.05, 3.63) is 29.6 Å². The number of anilines is 1. The van der Waals surface area contributed by atoms with E-state index < -0.39 is 0 Å². The average molecular weight is 462 g/mol. The summed E-state index contributed by atoms with van der Waals surface area (Å²) in [6, 6.07) is 4.63. The van der Waals surface area contributed by atoms with Crippen LogP contribution >= 0.6 is 0 Å². The molecule has 1 aliphatic heterocycles. The van der Waals surface area contributed by atoms with Crippen molar-refractivity contribution in [3.63, 3.8) is 0 Å². The van der Waals surface area contributed by atoms with Crippen molar-refractivity contribution in [2.24, 2.45) is 17.8 Å². The molecule has 0 fully saturated rings. The first-order valence-corrected chi connectivity index (χ1v) is 12.7. The minimum atomic E-state index is -0.337. The molecule has 0 unspecified atom stereocenters. The van der Waals surface area contributed by atoms with Crippen LogP contribution in [0.3, 0.4) is 0 Å². The van der Waals surface area contributed by atoms with Gasteiger partial charge in [0.05, 0.1) is 0 Å². The Hall–Kier alpha value is -1.95. The Bertz CT molecular complexity index is 779. The van der Waals surface area contributed by atoms with Gasteiger partial charge in [0.25, 0.3) is 0 Å². The van der Waals surface area contributed by atoms with Crippen LogP contribution in [0.25, 0.3) is 0 Å². The SMILES string of the molecule is CC(C)CC(=O)N1CCCN(CC(C)C)CCCN(C(=O)CC(C)C)c2ccc(F)cc2C1. The monoisotopic (exact) mass is 461 g/mol. The molecule has 0 saturated carbocycles. The smallest absolute Gasteiger partial charge is 0.227 e. The molecule has 2 rings (SSSR count). The number of amides is 2. The van der Waals surface area contributed by atoms with Crippen LogP contribution in [-0.4, -0.2) is 54.3 Å². The molecule has 1 heterocycles. The Kier molecular flexibility index (Phi) is 10.8. The molecule has 0 aliphatic carbocycles. The third-order valence-corrected chi connectivity index (χ3v) is 5.89. The van der Waals surface area contributed by atoms with Crippen LogP contribution in [0.1, 0.15) is 72.8 Å². The topological polar surface area (TPSA) is 43.9 Å². The standard InChI is InChI=1S/C27H44FN3O2/c1-20(2)15-26(32)30-13-7-11-29(18-22(5)6)12-8-14-31(27(33)16-21(3)4)25-10-9-24(28)17-23(25)19-30/h9-10,17,20-22H,7-8,11-16,18-19H2,1-6H3.